The van der Waals surface area contributed by atoms with Crippen molar-refractivity contribution in [2.45, 2.75) is 39.3 Å². The fourth-order valence-corrected chi connectivity index (χ4v) is 4.16. The molecule has 0 spiro atoms. The first-order valence-electron chi connectivity index (χ1n) is 11.6. The summed E-state index contributed by atoms with van der Waals surface area (Å²) < 4.78 is 0. The number of aliphatic hydroxyl groups excluding tert-OH is 1. The van der Waals surface area contributed by atoms with Crippen molar-refractivity contribution in [2.24, 2.45) is 5.92 Å². The van der Waals surface area contributed by atoms with Crippen molar-refractivity contribution in [3.05, 3.63) is 78.0 Å². The van der Waals surface area contributed by atoms with Crippen LogP contribution in [0.1, 0.15) is 31.9 Å². The zero-order chi connectivity index (χ0) is 25.5. The minimum Gasteiger partial charge on any atom is -0.389 e. The summed E-state index contributed by atoms with van der Waals surface area (Å²) in [6.07, 6.45) is 1.82. The zero-order valence-corrected chi connectivity index (χ0v) is 20.2. The average Bonchev–Trinajstić information content (AvgIpc) is 2.84. The minimum atomic E-state index is -0.937. The number of hydrogen-bond acceptors (Lipinski definition) is 5. The molecule has 0 aromatic heterocycles. The van der Waals surface area contributed by atoms with E-state index in [4.69, 9.17) is 0 Å². The largest absolute Gasteiger partial charge is 0.389 e. The van der Waals surface area contributed by atoms with Crippen molar-refractivity contribution in [2.75, 3.05) is 13.2 Å². The molecule has 2 aromatic carbocycles. The van der Waals surface area contributed by atoms with Gasteiger partial charge < -0.3 is 15.3 Å². The van der Waals surface area contributed by atoms with Gasteiger partial charge in [0.25, 0.3) is 5.91 Å². The van der Waals surface area contributed by atoms with E-state index in [9.17, 15) is 24.3 Å². The highest BCUT2D eigenvalue weighted by Gasteiger charge is 2.40. The van der Waals surface area contributed by atoms with Crippen LogP contribution >= 0.6 is 0 Å². The van der Waals surface area contributed by atoms with E-state index >= 15 is 0 Å². The van der Waals surface area contributed by atoms with Gasteiger partial charge in [-0.25, -0.2) is 0 Å². The molecule has 2 N–H and O–H groups in total. The lowest BCUT2D eigenvalue weighted by molar-refractivity contribution is -0.145. The second-order valence-corrected chi connectivity index (χ2v) is 8.85. The molecule has 1 unspecified atom stereocenters. The second-order valence-electron chi connectivity index (χ2n) is 8.85. The average molecular weight is 478 g/mol. The summed E-state index contributed by atoms with van der Waals surface area (Å²) in [5, 5.41) is 12.1. The molecule has 0 saturated heterocycles. The molecular weight excluding hydrogens is 446 g/mol. The van der Waals surface area contributed by atoms with Crippen LogP contribution in [0, 0.1) is 5.92 Å². The first kappa shape index (κ1) is 25.8. The quantitative estimate of drug-likeness (QED) is 0.575. The zero-order valence-electron chi connectivity index (χ0n) is 20.2. The molecule has 1 aliphatic heterocycles. The maximum Gasteiger partial charge on any atom is 0.250 e. The highest BCUT2D eigenvalue weighted by molar-refractivity contribution is 6.00. The third kappa shape index (κ3) is 6.22. The summed E-state index contributed by atoms with van der Waals surface area (Å²) in [5.74, 6) is -1.89. The Bertz CT molecular complexity index is 1100. The molecule has 2 atom stereocenters. The molecule has 0 saturated carbocycles. The number of ketones is 1. The van der Waals surface area contributed by atoms with Crippen LogP contribution in [0.25, 0.3) is 5.70 Å². The van der Waals surface area contributed by atoms with Crippen LogP contribution in [-0.4, -0.2) is 63.6 Å². The van der Waals surface area contributed by atoms with Gasteiger partial charge in [-0.15, -0.1) is 0 Å². The number of carbonyl (C=O) groups excluding carboxylic acids is 4. The number of nitrogens with one attached hydrogen (secondary N) is 1. The third-order valence-electron chi connectivity index (χ3n) is 5.90. The summed E-state index contributed by atoms with van der Waals surface area (Å²) in [4.78, 5) is 54.2. The van der Waals surface area contributed by atoms with Gasteiger partial charge in [-0.05, 0) is 23.5 Å². The number of carbonyl (C=O) groups is 4. The van der Waals surface area contributed by atoms with Crippen LogP contribution in [0.3, 0.4) is 0 Å². The van der Waals surface area contributed by atoms with Crippen LogP contribution in [0.5, 0.6) is 0 Å². The number of hydrogen-bond donors (Lipinski definition) is 2. The van der Waals surface area contributed by atoms with E-state index in [1.165, 1.54) is 16.7 Å². The highest BCUT2D eigenvalue weighted by atomic mass is 16.3. The van der Waals surface area contributed by atoms with Crippen molar-refractivity contribution in [1.82, 2.24) is 15.1 Å². The fraction of sp³-hybridized carbons (Fsp3) is 0.333. The van der Waals surface area contributed by atoms with Crippen molar-refractivity contribution in [3.63, 3.8) is 0 Å². The summed E-state index contributed by atoms with van der Waals surface area (Å²) in [6, 6.07) is 16.5. The molecule has 35 heavy (non-hydrogen) atoms. The van der Waals surface area contributed by atoms with Gasteiger partial charge in [-0.1, -0.05) is 74.5 Å². The molecule has 0 radical (unpaired) electrons. The van der Waals surface area contributed by atoms with Gasteiger partial charge >= 0.3 is 0 Å². The second kappa shape index (κ2) is 11.6. The van der Waals surface area contributed by atoms with Crippen LogP contribution in [0.2, 0.25) is 0 Å². The summed E-state index contributed by atoms with van der Waals surface area (Å²) in [6.45, 7) is 4.04. The van der Waals surface area contributed by atoms with Crippen LogP contribution in [0.4, 0.5) is 0 Å². The predicted molar refractivity (Wildman–Crippen MR) is 131 cm³/mol. The number of benzene rings is 2. The van der Waals surface area contributed by atoms with Gasteiger partial charge in [-0.3, -0.25) is 24.1 Å². The Labute approximate surface area is 205 Å². The van der Waals surface area contributed by atoms with E-state index in [1.54, 1.807) is 30.5 Å². The number of aliphatic hydroxyl groups is 1. The standard InChI is InChI=1S/C27H31N3O5/c1-18(2)26-27(35)30(23(15-29(26)19(3)32)21-12-8-5-9-13-21)16-25(34)28-22(24(33)17-31)14-20-10-6-4-7-11-20/h4-13,15,18,22,26,31H,14,16-17H2,1-3H3,(H,28,34)/t22-,26?/m0/s1. The van der Waals surface area contributed by atoms with E-state index in [2.05, 4.69) is 5.32 Å². The van der Waals surface area contributed by atoms with Crippen LogP contribution in [0.15, 0.2) is 66.9 Å². The Morgan fingerprint density at radius 1 is 1.00 bits per heavy atom. The molecule has 1 aliphatic rings. The maximum absolute atomic E-state index is 13.6. The Morgan fingerprint density at radius 3 is 2.14 bits per heavy atom. The SMILES string of the molecule is CC(=O)N1C=C(c2ccccc2)N(CC(=O)N[C@@H](Cc2ccccc2)C(=O)CO)C(=O)C1C(C)C. The Balaban J connectivity index is 1.90. The van der Waals surface area contributed by atoms with Gasteiger partial charge in [0.2, 0.25) is 11.8 Å². The first-order valence-corrected chi connectivity index (χ1v) is 11.6. The Kier molecular flexibility index (Phi) is 8.54. The van der Waals surface area contributed by atoms with Crippen molar-refractivity contribution in [3.8, 4) is 0 Å². The Morgan fingerprint density at radius 2 is 1.60 bits per heavy atom. The van der Waals surface area contributed by atoms with E-state index in [1.807, 2.05) is 50.2 Å². The maximum atomic E-state index is 13.6. The molecule has 0 bridgehead atoms. The minimum absolute atomic E-state index is 0.188. The summed E-state index contributed by atoms with van der Waals surface area (Å²) >= 11 is 0. The molecular formula is C27H31N3O5. The fourth-order valence-electron chi connectivity index (χ4n) is 4.16. The molecule has 8 heteroatoms. The number of amides is 3. The lowest BCUT2D eigenvalue weighted by atomic mass is 9.97. The summed E-state index contributed by atoms with van der Waals surface area (Å²) in [7, 11) is 0. The lowest BCUT2D eigenvalue weighted by Crippen LogP contribution is -2.56. The van der Waals surface area contributed by atoms with E-state index in [0.29, 0.717) is 11.3 Å². The predicted octanol–water partition coefficient (Wildman–Crippen LogP) is 1.99. The van der Waals surface area contributed by atoms with Gasteiger partial charge in [0.1, 0.15) is 19.2 Å². The van der Waals surface area contributed by atoms with Gasteiger partial charge in [0.15, 0.2) is 5.78 Å². The Hall–Kier alpha value is -3.78. The van der Waals surface area contributed by atoms with Gasteiger partial charge in [-0.2, -0.15) is 0 Å². The van der Waals surface area contributed by atoms with Crippen molar-refractivity contribution in [1.29, 1.82) is 0 Å². The van der Waals surface area contributed by atoms with Crippen molar-refractivity contribution < 1.29 is 24.3 Å². The molecule has 8 nitrogen and oxygen atoms in total. The van der Waals surface area contributed by atoms with Crippen LogP contribution < -0.4 is 5.32 Å². The molecule has 184 valence electrons. The normalized spacial score (nSPS) is 16.7. The smallest absolute Gasteiger partial charge is 0.250 e. The molecule has 0 aliphatic carbocycles. The van der Waals surface area contributed by atoms with E-state index in [0.717, 1.165) is 5.56 Å². The molecule has 3 amide bonds. The highest BCUT2D eigenvalue weighted by Crippen LogP contribution is 2.29. The van der Waals surface area contributed by atoms with E-state index in [-0.39, 0.29) is 30.7 Å². The van der Waals surface area contributed by atoms with Gasteiger partial charge in [0.05, 0.1) is 11.7 Å². The van der Waals surface area contributed by atoms with Gasteiger partial charge in [0, 0.05) is 13.1 Å². The third-order valence-corrected chi connectivity index (χ3v) is 5.90. The van der Waals surface area contributed by atoms with E-state index < -0.39 is 30.4 Å². The number of nitrogens with zero attached hydrogens (tertiary/aromatic N) is 2. The van der Waals surface area contributed by atoms with Crippen LogP contribution in [-0.2, 0) is 25.6 Å². The number of rotatable bonds is 9. The van der Waals surface area contributed by atoms with Crippen molar-refractivity contribution >= 4 is 29.2 Å². The molecule has 2 aromatic rings. The topological polar surface area (TPSA) is 107 Å². The monoisotopic (exact) mass is 477 g/mol. The lowest BCUT2D eigenvalue weighted by Gasteiger charge is -2.40. The molecule has 3 rings (SSSR count). The summed E-state index contributed by atoms with van der Waals surface area (Å²) in [5.41, 5.74) is 1.93. The number of Topliss-reactive ketones (excluding diaryl/α,β-unsaturated/α-hetero) is 1. The molecule has 0 fully saturated rings. The molecule has 1 heterocycles. The first-order chi connectivity index (χ1) is 16.7.